The van der Waals surface area contributed by atoms with Crippen LogP contribution in [-0.2, 0) is 4.79 Å². The minimum Gasteiger partial charge on any atom is -0.355 e. The third kappa shape index (κ3) is 5.14. The molecule has 5 nitrogen and oxygen atoms in total. The molecule has 0 saturated carbocycles. The molecule has 0 aliphatic heterocycles. The molecule has 120 valence electrons. The van der Waals surface area contributed by atoms with E-state index in [9.17, 15) is 9.59 Å². The third-order valence-corrected chi connectivity index (χ3v) is 3.21. The van der Waals surface area contributed by atoms with E-state index in [-0.39, 0.29) is 18.4 Å². The maximum Gasteiger partial charge on any atom is 0.253 e. The summed E-state index contributed by atoms with van der Waals surface area (Å²) in [6.07, 6.45) is 0.865. The maximum absolute atomic E-state index is 12.3. The van der Waals surface area contributed by atoms with Crippen molar-refractivity contribution in [3.63, 3.8) is 0 Å². The fraction of sp³-hybridized carbons (Fsp3) is 0.222. The highest BCUT2D eigenvalue weighted by Crippen LogP contribution is 2.20. The summed E-state index contributed by atoms with van der Waals surface area (Å²) < 4.78 is 0. The second kappa shape index (κ2) is 8.58. The predicted molar refractivity (Wildman–Crippen MR) is 91.8 cm³/mol. The molecule has 0 unspecified atom stereocenters. The Morgan fingerprint density at radius 3 is 2.35 bits per heavy atom. The Labute approximate surface area is 136 Å². The zero-order valence-corrected chi connectivity index (χ0v) is 13.1. The van der Waals surface area contributed by atoms with Crippen LogP contribution in [0.15, 0.2) is 54.6 Å². The molecule has 2 amide bonds. The molecule has 0 atom stereocenters. The lowest BCUT2D eigenvalue weighted by molar-refractivity contribution is -0.120. The summed E-state index contributed by atoms with van der Waals surface area (Å²) in [5.74, 6) is -0.468. The molecule has 0 heterocycles. The van der Waals surface area contributed by atoms with Crippen LogP contribution in [-0.4, -0.2) is 24.9 Å². The van der Waals surface area contributed by atoms with Crippen molar-refractivity contribution in [2.75, 3.05) is 18.4 Å². The molecule has 0 aromatic heterocycles. The fourth-order valence-corrected chi connectivity index (χ4v) is 2.05. The molecule has 2 rings (SSSR count). The quantitative estimate of drug-likeness (QED) is 0.736. The lowest BCUT2D eigenvalue weighted by atomic mass is 10.1. The number of rotatable bonds is 7. The van der Waals surface area contributed by atoms with Gasteiger partial charge in [-0.3, -0.25) is 9.59 Å². The van der Waals surface area contributed by atoms with Crippen molar-refractivity contribution in [2.45, 2.75) is 13.3 Å². The van der Waals surface area contributed by atoms with Gasteiger partial charge in [-0.25, -0.2) is 0 Å². The molecule has 0 aliphatic carbocycles. The monoisotopic (exact) mass is 311 g/mol. The number of amides is 2. The minimum absolute atomic E-state index is 0.0293. The van der Waals surface area contributed by atoms with E-state index in [1.165, 1.54) is 0 Å². The van der Waals surface area contributed by atoms with Gasteiger partial charge in [0, 0.05) is 12.2 Å². The molecule has 0 spiro atoms. The SMILES string of the molecule is CCCNC(=O)CNC(=O)c1ccccc1Nc1ccccc1. The van der Waals surface area contributed by atoms with Gasteiger partial charge in [0.25, 0.3) is 5.91 Å². The first-order chi connectivity index (χ1) is 11.2. The molecular weight excluding hydrogens is 290 g/mol. The summed E-state index contributed by atoms with van der Waals surface area (Å²) in [7, 11) is 0. The third-order valence-electron chi connectivity index (χ3n) is 3.21. The minimum atomic E-state index is -0.282. The van der Waals surface area contributed by atoms with Gasteiger partial charge in [-0.2, -0.15) is 0 Å². The van der Waals surface area contributed by atoms with E-state index in [0.717, 1.165) is 12.1 Å². The van der Waals surface area contributed by atoms with Crippen molar-refractivity contribution in [1.29, 1.82) is 0 Å². The van der Waals surface area contributed by atoms with Crippen molar-refractivity contribution < 1.29 is 9.59 Å². The van der Waals surface area contributed by atoms with Crippen molar-refractivity contribution in [3.8, 4) is 0 Å². The highest BCUT2D eigenvalue weighted by Gasteiger charge is 2.12. The first-order valence-electron chi connectivity index (χ1n) is 7.66. The van der Waals surface area contributed by atoms with Gasteiger partial charge >= 0.3 is 0 Å². The van der Waals surface area contributed by atoms with Crippen molar-refractivity contribution in [3.05, 3.63) is 60.2 Å². The van der Waals surface area contributed by atoms with Gasteiger partial charge in [-0.15, -0.1) is 0 Å². The number of carbonyl (C=O) groups is 2. The van der Waals surface area contributed by atoms with E-state index in [4.69, 9.17) is 0 Å². The normalized spacial score (nSPS) is 9.96. The number of para-hydroxylation sites is 2. The average Bonchev–Trinajstić information content (AvgIpc) is 2.59. The number of hydrogen-bond acceptors (Lipinski definition) is 3. The van der Waals surface area contributed by atoms with Crippen molar-refractivity contribution >= 4 is 23.2 Å². The van der Waals surface area contributed by atoms with E-state index >= 15 is 0 Å². The van der Waals surface area contributed by atoms with Gasteiger partial charge in [0.1, 0.15) is 0 Å². The van der Waals surface area contributed by atoms with Gasteiger partial charge in [0.2, 0.25) is 5.91 Å². The number of carbonyl (C=O) groups excluding carboxylic acids is 2. The van der Waals surface area contributed by atoms with Gasteiger partial charge in [0.05, 0.1) is 17.8 Å². The lowest BCUT2D eigenvalue weighted by Crippen LogP contribution is -2.37. The molecule has 23 heavy (non-hydrogen) atoms. The summed E-state index contributed by atoms with van der Waals surface area (Å²) >= 11 is 0. The Bertz CT molecular complexity index is 656. The highest BCUT2D eigenvalue weighted by atomic mass is 16.2. The van der Waals surface area contributed by atoms with Gasteiger partial charge < -0.3 is 16.0 Å². The maximum atomic E-state index is 12.3. The van der Waals surface area contributed by atoms with Crippen LogP contribution in [0, 0.1) is 0 Å². The molecule has 0 aliphatic rings. The number of benzene rings is 2. The molecule has 0 radical (unpaired) electrons. The molecule has 2 aromatic carbocycles. The molecule has 0 bridgehead atoms. The second-order valence-electron chi connectivity index (χ2n) is 5.07. The predicted octanol–water partition coefficient (Wildman–Crippen LogP) is 2.69. The average molecular weight is 311 g/mol. The van der Waals surface area contributed by atoms with E-state index in [1.807, 2.05) is 49.4 Å². The van der Waals surface area contributed by atoms with Crippen LogP contribution >= 0.6 is 0 Å². The molecule has 2 aromatic rings. The van der Waals surface area contributed by atoms with Crippen LogP contribution in [0.1, 0.15) is 23.7 Å². The number of hydrogen-bond donors (Lipinski definition) is 3. The highest BCUT2D eigenvalue weighted by molar-refractivity contribution is 6.01. The Morgan fingerprint density at radius 1 is 0.913 bits per heavy atom. The van der Waals surface area contributed by atoms with Gasteiger partial charge in [0.15, 0.2) is 0 Å². The van der Waals surface area contributed by atoms with E-state index in [1.54, 1.807) is 12.1 Å². The Hall–Kier alpha value is -2.82. The topological polar surface area (TPSA) is 70.2 Å². The number of nitrogens with one attached hydrogen (secondary N) is 3. The molecular formula is C18H21N3O2. The van der Waals surface area contributed by atoms with Crippen molar-refractivity contribution in [1.82, 2.24) is 10.6 Å². The number of anilines is 2. The second-order valence-corrected chi connectivity index (χ2v) is 5.07. The van der Waals surface area contributed by atoms with Crippen LogP contribution in [0.25, 0.3) is 0 Å². The van der Waals surface area contributed by atoms with Gasteiger partial charge in [-0.1, -0.05) is 37.3 Å². The molecule has 0 fully saturated rings. The Balaban J connectivity index is 2.01. The van der Waals surface area contributed by atoms with E-state index < -0.39 is 0 Å². The summed E-state index contributed by atoms with van der Waals surface area (Å²) in [5.41, 5.74) is 2.10. The Morgan fingerprint density at radius 2 is 1.61 bits per heavy atom. The van der Waals surface area contributed by atoms with Crippen LogP contribution in [0.3, 0.4) is 0 Å². The first kappa shape index (κ1) is 16.5. The van der Waals surface area contributed by atoms with Crippen molar-refractivity contribution in [2.24, 2.45) is 0 Å². The fourth-order valence-electron chi connectivity index (χ4n) is 2.05. The molecule has 5 heteroatoms. The summed E-state index contributed by atoms with van der Waals surface area (Å²) in [6, 6.07) is 16.8. The largest absolute Gasteiger partial charge is 0.355 e. The van der Waals surface area contributed by atoms with Crippen LogP contribution in [0.2, 0.25) is 0 Å². The summed E-state index contributed by atoms with van der Waals surface area (Å²) in [6.45, 7) is 2.56. The zero-order valence-electron chi connectivity index (χ0n) is 13.1. The van der Waals surface area contributed by atoms with E-state index in [0.29, 0.717) is 17.8 Å². The van der Waals surface area contributed by atoms with Gasteiger partial charge in [-0.05, 0) is 30.7 Å². The molecule has 0 saturated heterocycles. The van der Waals surface area contributed by atoms with E-state index in [2.05, 4.69) is 16.0 Å². The summed E-state index contributed by atoms with van der Waals surface area (Å²) in [4.78, 5) is 23.9. The van der Waals surface area contributed by atoms with Crippen LogP contribution in [0.4, 0.5) is 11.4 Å². The van der Waals surface area contributed by atoms with Crippen LogP contribution in [0.5, 0.6) is 0 Å². The smallest absolute Gasteiger partial charge is 0.253 e. The first-order valence-corrected chi connectivity index (χ1v) is 7.66. The standard InChI is InChI=1S/C18H21N3O2/c1-2-12-19-17(22)13-20-18(23)15-10-6-7-11-16(15)21-14-8-4-3-5-9-14/h3-11,21H,2,12-13H2,1H3,(H,19,22)(H,20,23). The Kier molecular flexibility index (Phi) is 6.17. The zero-order chi connectivity index (χ0) is 16.5. The summed E-state index contributed by atoms with van der Waals surface area (Å²) in [5, 5.41) is 8.58. The molecule has 3 N–H and O–H groups in total. The van der Waals surface area contributed by atoms with Crippen LogP contribution < -0.4 is 16.0 Å². The lowest BCUT2D eigenvalue weighted by Gasteiger charge is -2.12.